The van der Waals surface area contributed by atoms with E-state index in [1.165, 1.54) is 61.7 Å². The van der Waals surface area contributed by atoms with Crippen LogP contribution in [0.1, 0.15) is 15.9 Å². The van der Waals surface area contributed by atoms with E-state index >= 15 is 0 Å². The van der Waals surface area contributed by atoms with Crippen molar-refractivity contribution in [3.63, 3.8) is 0 Å². The van der Waals surface area contributed by atoms with E-state index in [0.29, 0.717) is 4.47 Å². The number of benzene rings is 3. The first kappa shape index (κ1) is 25.1. The monoisotopic (exact) mass is 540 g/mol. The van der Waals surface area contributed by atoms with Crippen molar-refractivity contribution in [2.75, 3.05) is 12.4 Å². The van der Waals surface area contributed by atoms with Gasteiger partial charge in [-0.2, -0.15) is 0 Å². The van der Waals surface area contributed by atoms with Crippen LogP contribution in [0.25, 0.3) is 6.08 Å². The molecule has 12 heteroatoms. The van der Waals surface area contributed by atoms with Crippen molar-refractivity contribution in [2.24, 2.45) is 0 Å². The first-order valence-corrected chi connectivity index (χ1v) is 10.6. The first-order valence-electron chi connectivity index (χ1n) is 9.85. The average molecular weight is 541 g/mol. The minimum Gasteiger partial charge on any atom is -0.496 e. The molecular formula is C23H17BrN4O7. The number of methoxy groups -OCH3 is 1. The third kappa shape index (κ3) is 6.48. The van der Waals surface area contributed by atoms with Crippen LogP contribution >= 0.6 is 15.9 Å². The average Bonchev–Trinajstić information content (AvgIpc) is 2.83. The van der Waals surface area contributed by atoms with Crippen LogP contribution in [0.2, 0.25) is 0 Å². The lowest BCUT2D eigenvalue weighted by Crippen LogP contribution is -2.31. The maximum atomic E-state index is 13.1. The fourth-order valence-electron chi connectivity index (χ4n) is 3.00. The lowest BCUT2D eigenvalue weighted by Gasteiger charge is -2.13. The van der Waals surface area contributed by atoms with Crippen LogP contribution in [0.5, 0.6) is 5.75 Å². The number of hydrogen-bond acceptors (Lipinski definition) is 7. The number of anilines is 1. The lowest BCUT2D eigenvalue weighted by molar-refractivity contribution is -0.385. The second kappa shape index (κ2) is 11.0. The predicted octanol–water partition coefficient (Wildman–Crippen LogP) is 4.68. The molecule has 2 amide bonds. The van der Waals surface area contributed by atoms with Gasteiger partial charge in [-0.15, -0.1) is 0 Å². The van der Waals surface area contributed by atoms with Crippen molar-refractivity contribution in [1.29, 1.82) is 0 Å². The third-order valence-electron chi connectivity index (χ3n) is 4.61. The minimum atomic E-state index is -0.806. The SMILES string of the molecule is COc1ccc(Br)cc1C(=O)NC(=Cc1cccc([N+](=O)[O-])c1)C(=O)Nc1cccc([N+](=O)[O-])c1. The summed E-state index contributed by atoms with van der Waals surface area (Å²) in [5.41, 5.74) is -0.209. The van der Waals surface area contributed by atoms with Gasteiger partial charge in [-0.05, 0) is 35.9 Å². The Hall–Kier alpha value is -4.58. The first-order chi connectivity index (χ1) is 16.7. The Kier molecular flexibility index (Phi) is 7.89. The molecule has 0 radical (unpaired) electrons. The molecule has 35 heavy (non-hydrogen) atoms. The Bertz CT molecular complexity index is 1360. The van der Waals surface area contributed by atoms with Crippen molar-refractivity contribution in [2.45, 2.75) is 0 Å². The minimum absolute atomic E-state index is 0.114. The number of nitrogens with zero attached hydrogens (tertiary/aromatic N) is 2. The molecule has 0 aliphatic carbocycles. The highest BCUT2D eigenvalue weighted by Gasteiger charge is 2.19. The summed E-state index contributed by atoms with van der Waals surface area (Å²) < 4.78 is 5.81. The zero-order valence-corrected chi connectivity index (χ0v) is 19.6. The maximum absolute atomic E-state index is 13.1. The van der Waals surface area contributed by atoms with Gasteiger partial charge in [0.15, 0.2) is 0 Å². The van der Waals surface area contributed by atoms with Gasteiger partial charge in [0.05, 0.1) is 22.5 Å². The van der Waals surface area contributed by atoms with Crippen LogP contribution in [0.3, 0.4) is 0 Å². The van der Waals surface area contributed by atoms with Crippen LogP contribution in [0, 0.1) is 20.2 Å². The van der Waals surface area contributed by atoms with Gasteiger partial charge >= 0.3 is 0 Å². The number of carbonyl (C=O) groups excluding carboxylic acids is 2. The van der Waals surface area contributed by atoms with E-state index in [0.717, 1.165) is 6.07 Å². The van der Waals surface area contributed by atoms with Crippen molar-refractivity contribution in [3.05, 3.63) is 108 Å². The molecule has 0 saturated heterocycles. The fourth-order valence-corrected chi connectivity index (χ4v) is 3.36. The Morgan fingerprint density at radius 1 is 0.943 bits per heavy atom. The van der Waals surface area contributed by atoms with Crippen molar-refractivity contribution >= 4 is 50.9 Å². The van der Waals surface area contributed by atoms with Crippen LogP contribution < -0.4 is 15.4 Å². The summed E-state index contributed by atoms with van der Waals surface area (Å²) in [7, 11) is 1.38. The van der Waals surface area contributed by atoms with E-state index in [2.05, 4.69) is 26.6 Å². The summed E-state index contributed by atoms with van der Waals surface area (Å²) in [5.74, 6) is -1.24. The smallest absolute Gasteiger partial charge is 0.272 e. The van der Waals surface area contributed by atoms with Crippen molar-refractivity contribution in [1.82, 2.24) is 5.32 Å². The molecule has 0 aliphatic heterocycles. The summed E-state index contributed by atoms with van der Waals surface area (Å²) in [4.78, 5) is 47.1. The standard InChI is InChI=1S/C23H17BrN4O7/c1-35-21-9-8-15(24)12-19(21)22(29)26-20(11-14-4-2-6-17(10-14)27(31)32)23(30)25-16-5-3-7-18(13-16)28(33)34/h2-13H,1H3,(H,25,30)(H,26,29). The molecule has 3 aromatic rings. The number of non-ortho nitro benzene ring substituents is 2. The second-order valence-electron chi connectivity index (χ2n) is 6.97. The number of nitro groups is 2. The molecule has 0 saturated carbocycles. The number of rotatable bonds is 8. The lowest BCUT2D eigenvalue weighted by atomic mass is 10.1. The topological polar surface area (TPSA) is 154 Å². The molecular weight excluding hydrogens is 524 g/mol. The Morgan fingerprint density at radius 2 is 1.60 bits per heavy atom. The van der Waals surface area contributed by atoms with E-state index in [1.54, 1.807) is 12.1 Å². The molecule has 2 N–H and O–H groups in total. The van der Waals surface area contributed by atoms with Gasteiger partial charge in [-0.3, -0.25) is 29.8 Å². The van der Waals surface area contributed by atoms with Gasteiger partial charge in [0.2, 0.25) is 0 Å². The maximum Gasteiger partial charge on any atom is 0.272 e. The summed E-state index contributed by atoms with van der Waals surface area (Å²) in [6, 6.07) is 15.4. The second-order valence-corrected chi connectivity index (χ2v) is 7.89. The molecule has 0 heterocycles. The largest absolute Gasteiger partial charge is 0.496 e. The van der Waals surface area contributed by atoms with Gasteiger partial charge in [0.25, 0.3) is 23.2 Å². The van der Waals surface area contributed by atoms with Gasteiger partial charge in [-0.25, -0.2) is 0 Å². The summed E-state index contributed by atoms with van der Waals surface area (Å²) in [6.45, 7) is 0. The molecule has 0 bridgehead atoms. The Morgan fingerprint density at radius 3 is 2.26 bits per heavy atom. The predicted molar refractivity (Wildman–Crippen MR) is 131 cm³/mol. The molecule has 3 aromatic carbocycles. The molecule has 0 aromatic heterocycles. The van der Waals surface area contributed by atoms with E-state index in [9.17, 15) is 29.8 Å². The molecule has 178 valence electrons. The van der Waals surface area contributed by atoms with Gasteiger partial charge in [-0.1, -0.05) is 34.1 Å². The number of halogens is 1. The number of ether oxygens (including phenoxy) is 1. The number of hydrogen-bond donors (Lipinski definition) is 2. The number of carbonyl (C=O) groups is 2. The fraction of sp³-hybridized carbons (Fsp3) is 0.0435. The Labute approximate surface area is 206 Å². The molecule has 0 aliphatic rings. The Balaban J connectivity index is 1.99. The van der Waals surface area contributed by atoms with Gasteiger partial charge < -0.3 is 15.4 Å². The van der Waals surface area contributed by atoms with E-state index < -0.39 is 21.7 Å². The molecule has 0 fully saturated rings. The van der Waals surface area contributed by atoms with Crippen molar-refractivity contribution < 1.29 is 24.2 Å². The number of nitrogens with one attached hydrogen (secondary N) is 2. The molecule has 0 unspecified atom stereocenters. The summed E-state index contributed by atoms with van der Waals surface area (Å²) in [6.07, 6.45) is 1.25. The zero-order chi connectivity index (χ0) is 25.5. The van der Waals surface area contributed by atoms with Crippen molar-refractivity contribution in [3.8, 4) is 5.75 Å². The highest BCUT2D eigenvalue weighted by molar-refractivity contribution is 9.10. The van der Waals surface area contributed by atoms with Crippen LogP contribution in [-0.4, -0.2) is 28.8 Å². The molecule has 11 nitrogen and oxygen atoms in total. The summed E-state index contributed by atoms with van der Waals surface area (Å²) >= 11 is 3.28. The zero-order valence-electron chi connectivity index (χ0n) is 18.1. The summed E-state index contributed by atoms with van der Waals surface area (Å²) in [5, 5.41) is 27.2. The van der Waals surface area contributed by atoms with E-state index in [4.69, 9.17) is 4.74 Å². The van der Waals surface area contributed by atoms with Gasteiger partial charge in [0, 0.05) is 34.4 Å². The number of nitro benzene ring substituents is 2. The molecule has 0 atom stereocenters. The quantitative estimate of drug-likeness (QED) is 0.238. The van der Waals surface area contributed by atoms with Crippen LogP contribution in [-0.2, 0) is 4.79 Å². The normalized spacial score (nSPS) is 10.9. The number of amides is 2. The van der Waals surface area contributed by atoms with Gasteiger partial charge in [0.1, 0.15) is 11.4 Å². The van der Waals surface area contributed by atoms with E-state index in [1.807, 2.05) is 0 Å². The van der Waals surface area contributed by atoms with Crippen LogP contribution in [0.4, 0.5) is 17.1 Å². The highest BCUT2D eigenvalue weighted by atomic mass is 79.9. The third-order valence-corrected chi connectivity index (χ3v) is 5.10. The highest BCUT2D eigenvalue weighted by Crippen LogP contribution is 2.24. The van der Waals surface area contributed by atoms with Crippen LogP contribution in [0.15, 0.2) is 76.9 Å². The molecule has 3 rings (SSSR count). The molecule has 0 spiro atoms. The van der Waals surface area contributed by atoms with E-state index in [-0.39, 0.29) is 39.6 Å².